The molecule has 0 spiro atoms. The van der Waals surface area contributed by atoms with Crippen LogP contribution in [0.2, 0.25) is 5.02 Å². The van der Waals surface area contributed by atoms with Crippen LogP contribution >= 0.6 is 11.6 Å². The Morgan fingerprint density at radius 2 is 2.10 bits per heavy atom. The van der Waals surface area contributed by atoms with Crippen LogP contribution < -0.4 is 10.2 Å². The third-order valence-electron chi connectivity index (χ3n) is 3.29. The number of methoxy groups -OCH3 is 1. The van der Waals surface area contributed by atoms with E-state index >= 15 is 0 Å². The van der Waals surface area contributed by atoms with E-state index in [1.165, 1.54) is 17.7 Å². The lowest BCUT2D eigenvalue weighted by molar-refractivity contribution is 0.199. The molecule has 0 radical (unpaired) electrons. The zero-order chi connectivity index (χ0) is 15.0. The molecule has 0 unspecified atom stereocenters. The summed E-state index contributed by atoms with van der Waals surface area (Å²) in [6, 6.07) is 6.11. The highest BCUT2D eigenvalue weighted by Gasteiger charge is 2.08. The summed E-state index contributed by atoms with van der Waals surface area (Å²) in [5, 5.41) is 4.17. The third kappa shape index (κ3) is 6.12. The summed E-state index contributed by atoms with van der Waals surface area (Å²) in [5.41, 5.74) is 2.49. The van der Waals surface area contributed by atoms with Gasteiger partial charge in [-0.2, -0.15) is 0 Å². The number of nitrogens with zero attached hydrogens (tertiary/aromatic N) is 1. The molecule has 1 rings (SSSR count). The summed E-state index contributed by atoms with van der Waals surface area (Å²) in [6.07, 6.45) is 1.19. The van der Waals surface area contributed by atoms with Gasteiger partial charge in [0.05, 0.1) is 6.61 Å². The van der Waals surface area contributed by atoms with Crippen molar-refractivity contribution in [1.29, 1.82) is 0 Å². The van der Waals surface area contributed by atoms with Crippen LogP contribution in [-0.4, -0.2) is 33.9 Å². The van der Waals surface area contributed by atoms with Crippen molar-refractivity contribution >= 4 is 17.3 Å². The monoisotopic (exact) mass is 298 g/mol. The summed E-state index contributed by atoms with van der Waals surface area (Å²) in [6.45, 7) is 7.94. The molecule has 114 valence electrons. The second kappa shape index (κ2) is 9.22. The quantitative estimate of drug-likeness (QED) is 0.706. The molecule has 0 saturated carbocycles. The van der Waals surface area contributed by atoms with Crippen molar-refractivity contribution in [3.05, 3.63) is 28.8 Å². The Morgan fingerprint density at radius 3 is 2.75 bits per heavy atom. The number of ether oxygens (including phenoxy) is 1. The number of hydrogen-bond acceptors (Lipinski definition) is 3. The van der Waals surface area contributed by atoms with Crippen molar-refractivity contribution < 1.29 is 4.74 Å². The van der Waals surface area contributed by atoms with E-state index in [4.69, 9.17) is 16.3 Å². The molecule has 4 heteroatoms. The van der Waals surface area contributed by atoms with E-state index in [-0.39, 0.29) is 0 Å². The lowest BCUT2D eigenvalue weighted by atomic mass is 10.1. The molecule has 0 amide bonds. The molecule has 0 aromatic heterocycles. The second-order valence-corrected chi connectivity index (χ2v) is 5.98. The van der Waals surface area contributed by atoms with Crippen LogP contribution in [0.5, 0.6) is 0 Å². The number of anilines is 1. The predicted octanol–water partition coefficient (Wildman–Crippen LogP) is 3.56. The van der Waals surface area contributed by atoms with Gasteiger partial charge in [0.15, 0.2) is 0 Å². The van der Waals surface area contributed by atoms with Gasteiger partial charge in [-0.05, 0) is 36.1 Å². The fourth-order valence-corrected chi connectivity index (χ4v) is 2.23. The highest BCUT2D eigenvalue weighted by atomic mass is 35.5. The summed E-state index contributed by atoms with van der Waals surface area (Å²) in [5.74, 6) is 0.716. The van der Waals surface area contributed by atoms with Gasteiger partial charge in [-0.15, -0.1) is 0 Å². The van der Waals surface area contributed by atoms with Gasteiger partial charge in [0.2, 0.25) is 0 Å². The average Bonchev–Trinajstić information content (AvgIpc) is 2.41. The normalized spacial score (nSPS) is 11.1. The first kappa shape index (κ1) is 17.3. The van der Waals surface area contributed by atoms with E-state index in [0.717, 1.165) is 31.3 Å². The van der Waals surface area contributed by atoms with E-state index < -0.39 is 0 Å². The number of rotatable bonds is 9. The minimum Gasteiger partial charge on any atom is -0.383 e. The first-order chi connectivity index (χ1) is 9.54. The van der Waals surface area contributed by atoms with Crippen LogP contribution in [0, 0.1) is 5.92 Å². The number of hydrogen-bond donors (Lipinski definition) is 1. The Morgan fingerprint density at radius 1 is 1.35 bits per heavy atom. The maximum atomic E-state index is 6.12. The van der Waals surface area contributed by atoms with Crippen molar-refractivity contribution in [3.63, 3.8) is 0 Å². The van der Waals surface area contributed by atoms with E-state index in [1.807, 2.05) is 12.1 Å². The number of halogens is 1. The second-order valence-electron chi connectivity index (χ2n) is 5.55. The van der Waals surface area contributed by atoms with Crippen LogP contribution in [0.4, 0.5) is 5.69 Å². The summed E-state index contributed by atoms with van der Waals surface area (Å²) < 4.78 is 5.05. The Hall–Kier alpha value is -0.770. The van der Waals surface area contributed by atoms with Gasteiger partial charge in [0, 0.05) is 44.5 Å². The molecule has 1 N–H and O–H groups in total. The van der Waals surface area contributed by atoms with Gasteiger partial charge in [0.1, 0.15) is 0 Å². The van der Waals surface area contributed by atoms with Crippen molar-refractivity contribution in [3.8, 4) is 0 Å². The molecule has 1 aromatic rings. The number of nitrogens with one attached hydrogen (secondary N) is 1. The van der Waals surface area contributed by atoms with Gasteiger partial charge in [-0.3, -0.25) is 0 Å². The zero-order valence-corrected chi connectivity index (χ0v) is 13.8. The highest BCUT2D eigenvalue weighted by molar-refractivity contribution is 6.30. The predicted molar refractivity (Wildman–Crippen MR) is 87.8 cm³/mol. The van der Waals surface area contributed by atoms with Crippen LogP contribution in [0.25, 0.3) is 0 Å². The smallest absolute Gasteiger partial charge is 0.0587 e. The van der Waals surface area contributed by atoms with Crippen molar-refractivity contribution in [1.82, 2.24) is 5.32 Å². The first-order valence-electron chi connectivity index (χ1n) is 7.23. The lowest BCUT2D eigenvalue weighted by Gasteiger charge is -2.24. The standard InChI is InChI=1S/C16H27ClN2O/c1-13(2)7-9-19(3)16-6-5-15(17)11-14(16)12-18-8-10-20-4/h5-6,11,13,18H,7-10,12H2,1-4H3. The molecular formula is C16H27ClN2O. The fourth-order valence-electron chi connectivity index (χ4n) is 2.04. The molecule has 0 saturated heterocycles. The largest absolute Gasteiger partial charge is 0.383 e. The third-order valence-corrected chi connectivity index (χ3v) is 3.53. The van der Waals surface area contributed by atoms with Gasteiger partial charge in [-0.25, -0.2) is 0 Å². The van der Waals surface area contributed by atoms with Crippen LogP contribution in [0.1, 0.15) is 25.8 Å². The zero-order valence-electron chi connectivity index (χ0n) is 13.1. The van der Waals surface area contributed by atoms with Gasteiger partial charge in [0.25, 0.3) is 0 Å². The van der Waals surface area contributed by atoms with Crippen molar-refractivity contribution in [2.24, 2.45) is 5.92 Å². The summed E-state index contributed by atoms with van der Waals surface area (Å²) in [4.78, 5) is 2.31. The van der Waals surface area contributed by atoms with Crippen molar-refractivity contribution in [2.75, 3.05) is 38.8 Å². The minimum absolute atomic E-state index is 0.716. The Bertz CT molecular complexity index is 396. The van der Waals surface area contributed by atoms with Crippen molar-refractivity contribution in [2.45, 2.75) is 26.8 Å². The molecule has 1 aromatic carbocycles. The Labute approximate surface area is 128 Å². The first-order valence-corrected chi connectivity index (χ1v) is 7.61. The lowest BCUT2D eigenvalue weighted by Crippen LogP contribution is -2.24. The van der Waals surface area contributed by atoms with E-state index in [0.29, 0.717) is 5.92 Å². The minimum atomic E-state index is 0.716. The molecule has 0 aliphatic carbocycles. The molecular weight excluding hydrogens is 272 g/mol. The molecule has 0 fully saturated rings. The van der Waals surface area contributed by atoms with Crippen LogP contribution in [0.15, 0.2) is 18.2 Å². The highest BCUT2D eigenvalue weighted by Crippen LogP contribution is 2.24. The summed E-state index contributed by atoms with van der Waals surface area (Å²) >= 11 is 6.12. The summed E-state index contributed by atoms with van der Waals surface area (Å²) in [7, 11) is 3.86. The molecule has 0 bridgehead atoms. The SMILES string of the molecule is COCCNCc1cc(Cl)ccc1N(C)CCC(C)C. The molecule has 0 heterocycles. The van der Waals surface area contributed by atoms with Crippen LogP contribution in [-0.2, 0) is 11.3 Å². The van der Waals surface area contributed by atoms with Crippen LogP contribution in [0.3, 0.4) is 0 Å². The molecule has 0 aliphatic rings. The van der Waals surface area contributed by atoms with E-state index in [9.17, 15) is 0 Å². The Kier molecular flexibility index (Phi) is 7.97. The molecule has 3 nitrogen and oxygen atoms in total. The molecule has 0 aliphatic heterocycles. The molecule has 20 heavy (non-hydrogen) atoms. The number of benzene rings is 1. The van der Waals surface area contributed by atoms with Gasteiger partial charge in [-0.1, -0.05) is 25.4 Å². The molecule has 0 atom stereocenters. The van der Waals surface area contributed by atoms with E-state index in [1.54, 1.807) is 7.11 Å². The Balaban J connectivity index is 2.68. The maximum absolute atomic E-state index is 6.12. The topological polar surface area (TPSA) is 24.5 Å². The van der Waals surface area contributed by atoms with Gasteiger partial charge < -0.3 is 15.0 Å². The van der Waals surface area contributed by atoms with E-state index in [2.05, 4.69) is 37.2 Å². The van der Waals surface area contributed by atoms with Gasteiger partial charge >= 0.3 is 0 Å². The fraction of sp³-hybridized carbons (Fsp3) is 0.625. The maximum Gasteiger partial charge on any atom is 0.0587 e. The average molecular weight is 299 g/mol.